The first kappa shape index (κ1) is 13.4. The highest BCUT2D eigenvalue weighted by molar-refractivity contribution is 9.10. The van der Waals surface area contributed by atoms with Crippen LogP contribution in [0.4, 0.5) is 0 Å². The van der Waals surface area contributed by atoms with Crippen LogP contribution in [0.15, 0.2) is 16.6 Å². The second-order valence-electron chi connectivity index (χ2n) is 3.71. The fourth-order valence-electron chi connectivity index (χ4n) is 1.60. The average Bonchev–Trinajstić information content (AvgIpc) is 2.29. The maximum absolute atomic E-state index is 10.8. The van der Waals surface area contributed by atoms with Crippen LogP contribution >= 0.6 is 15.9 Å². The van der Waals surface area contributed by atoms with E-state index in [2.05, 4.69) is 22.9 Å². The molecular weight excluding hydrogens is 268 g/mol. The zero-order chi connectivity index (χ0) is 12.0. The Morgan fingerprint density at radius 3 is 2.81 bits per heavy atom. The lowest BCUT2D eigenvalue weighted by Crippen LogP contribution is -1.99. The van der Waals surface area contributed by atoms with E-state index in [0.717, 1.165) is 42.4 Å². The van der Waals surface area contributed by atoms with Gasteiger partial charge in [0.1, 0.15) is 6.29 Å². The zero-order valence-corrected chi connectivity index (χ0v) is 11.3. The molecule has 0 aliphatic heterocycles. The van der Waals surface area contributed by atoms with Gasteiger partial charge in [0.05, 0.1) is 0 Å². The van der Waals surface area contributed by atoms with Crippen molar-refractivity contribution in [1.82, 2.24) is 0 Å². The normalized spacial score (nSPS) is 10.4. The molecule has 1 aromatic rings. The number of carbonyl (C=O) groups is 1. The summed E-state index contributed by atoms with van der Waals surface area (Å²) in [6, 6.07) is 3.81. The van der Waals surface area contributed by atoms with Crippen molar-refractivity contribution < 1.29 is 9.53 Å². The number of aryl methyl sites for hydroxylation is 1. The molecule has 0 fully saturated rings. The molecule has 88 valence electrons. The molecule has 0 heterocycles. The van der Waals surface area contributed by atoms with Crippen molar-refractivity contribution in [2.75, 3.05) is 13.2 Å². The summed E-state index contributed by atoms with van der Waals surface area (Å²) >= 11 is 3.47. The lowest BCUT2D eigenvalue weighted by atomic mass is 10.0. The van der Waals surface area contributed by atoms with Gasteiger partial charge in [0.15, 0.2) is 0 Å². The van der Waals surface area contributed by atoms with E-state index >= 15 is 0 Å². The molecule has 16 heavy (non-hydrogen) atoms. The zero-order valence-electron chi connectivity index (χ0n) is 9.75. The minimum absolute atomic E-state index is 0.726. The van der Waals surface area contributed by atoms with Crippen LogP contribution in [0.5, 0.6) is 0 Å². The van der Waals surface area contributed by atoms with Crippen molar-refractivity contribution in [2.45, 2.75) is 26.7 Å². The number of ether oxygens (including phenoxy) is 1. The first-order chi connectivity index (χ1) is 7.69. The third-order valence-corrected chi connectivity index (χ3v) is 3.37. The Labute approximate surface area is 105 Å². The smallest absolute Gasteiger partial charge is 0.150 e. The average molecular weight is 285 g/mol. The molecule has 1 rings (SSSR count). The van der Waals surface area contributed by atoms with Gasteiger partial charge in [-0.1, -0.05) is 15.9 Å². The Kier molecular flexibility index (Phi) is 5.71. The Morgan fingerprint density at radius 2 is 2.19 bits per heavy atom. The number of aldehydes is 1. The predicted molar refractivity (Wildman–Crippen MR) is 69.1 cm³/mol. The Bertz CT molecular complexity index is 361. The largest absolute Gasteiger partial charge is 0.382 e. The van der Waals surface area contributed by atoms with Crippen molar-refractivity contribution in [1.29, 1.82) is 0 Å². The number of rotatable bonds is 6. The van der Waals surface area contributed by atoms with Crippen LogP contribution in [0.3, 0.4) is 0 Å². The van der Waals surface area contributed by atoms with Crippen molar-refractivity contribution in [3.63, 3.8) is 0 Å². The van der Waals surface area contributed by atoms with E-state index in [1.54, 1.807) is 0 Å². The predicted octanol–water partition coefficient (Wildman–Crippen LogP) is 3.54. The van der Waals surface area contributed by atoms with Gasteiger partial charge in [-0.05, 0) is 49.9 Å². The lowest BCUT2D eigenvalue weighted by molar-refractivity contribution is 0.112. The quantitative estimate of drug-likeness (QED) is 0.590. The van der Waals surface area contributed by atoms with Crippen LogP contribution in [0.25, 0.3) is 0 Å². The van der Waals surface area contributed by atoms with Gasteiger partial charge >= 0.3 is 0 Å². The first-order valence-corrected chi connectivity index (χ1v) is 6.30. The summed E-state index contributed by atoms with van der Waals surface area (Å²) in [7, 11) is 0. The number of benzene rings is 1. The monoisotopic (exact) mass is 284 g/mol. The molecule has 0 N–H and O–H groups in total. The van der Waals surface area contributed by atoms with E-state index in [4.69, 9.17) is 4.74 Å². The summed E-state index contributed by atoms with van der Waals surface area (Å²) in [6.07, 6.45) is 2.83. The van der Waals surface area contributed by atoms with Crippen LogP contribution in [0.1, 0.15) is 34.8 Å². The van der Waals surface area contributed by atoms with E-state index < -0.39 is 0 Å². The number of hydrogen-bond donors (Lipinski definition) is 0. The fourth-order valence-corrected chi connectivity index (χ4v) is 2.11. The SMILES string of the molecule is CCOCCCc1cc(C=O)cc(Br)c1C. The van der Waals surface area contributed by atoms with Gasteiger partial charge in [0.2, 0.25) is 0 Å². The number of halogens is 1. The summed E-state index contributed by atoms with van der Waals surface area (Å²) in [5.41, 5.74) is 3.15. The molecule has 0 amide bonds. The molecule has 0 aliphatic carbocycles. The summed E-state index contributed by atoms with van der Waals surface area (Å²) in [5, 5.41) is 0. The van der Waals surface area contributed by atoms with Gasteiger partial charge in [-0.25, -0.2) is 0 Å². The van der Waals surface area contributed by atoms with Crippen LogP contribution in [-0.4, -0.2) is 19.5 Å². The molecule has 2 nitrogen and oxygen atoms in total. The van der Waals surface area contributed by atoms with Crippen molar-refractivity contribution in [2.24, 2.45) is 0 Å². The van der Waals surface area contributed by atoms with Gasteiger partial charge in [-0.15, -0.1) is 0 Å². The minimum atomic E-state index is 0.726. The molecule has 0 saturated carbocycles. The van der Waals surface area contributed by atoms with Gasteiger partial charge in [-0.2, -0.15) is 0 Å². The van der Waals surface area contributed by atoms with Gasteiger partial charge in [0.25, 0.3) is 0 Å². The van der Waals surface area contributed by atoms with Gasteiger partial charge < -0.3 is 4.74 Å². The summed E-state index contributed by atoms with van der Waals surface area (Å²) < 4.78 is 6.30. The lowest BCUT2D eigenvalue weighted by Gasteiger charge is -2.09. The van der Waals surface area contributed by atoms with E-state index in [0.29, 0.717) is 0 Å². The second kappa shape index (κ2) is 6.81. The van der Waals surface area contributed by atoms with E-state index in [-0.39, 0.29) is 0 Å². The summed E-state index contributed by atoms with van der Waals surface area (Å²) in [5.74, 6) is 0. The molecule has 0 aromatic heterocycles. The third kappa shape index (κ3) is 3.72. The molecule has 0 unspecified atom stereocenters. The third-order valence-electron chi connectivity index (χ3n) is 2.55. The molecule has 0 saturated heterocycles. The van der Waals surface area contributed by atoms with E-state index in [1.165, 1.54) is 11.1 Å². The molecule has 0 atom stereocenters. The Hall–Kier alpha value is -0.670. The van der Waals surface area contributed by atoms with Gasteiger partial charge in [-0.3, -0.25) is 4.79 Å². The molecule has 1 aromatic carbocycles. The fraction of sp³-hybridized carbons (Fsp3) is 0.462. The number of hydrogen-bond acceptors (Lipinski definition) is 2. The highest BCUT2D eigenvalue weighted by atomic mass is 79.9. The van der Waals surface area contributed by atoms with Gasteiger partial charge in [0, 0.05) is 23.2 Å². The topological polar surface area (TPSA) is 26.3 Å². The maximum Gasteiger partial charge on any atom is 0.150 e. The maximum atomic E-state index is 10.8. The first-order valence-electron chi connectivity index (χ1n) is 5.51. The van der Waals surface area contributed by atoms with Crippen LogP contribution in [-0.2, 0) is 11.2 Å². The van der Waals surface area contributed by atoms with E-state index in [9.17, 15) is 4.79 Å². The standard InChI is InChI=1S/C13H17BrO2/c1-3-16-6-4-5-12-7-11(9-15)8-13(14)10(12)2/h7-9H,3-6H2,1-2H3. The highest BCUT2D eigenvalue weighted by Crippen LogP contribution is 2.22. The molecule has 0 bridgehead atoms. The summed E-state index contributed by atoms with van der Waals surface area (Å²) in [4.78, 5) is 10.8. The molecule has 3 heteroatoms. The molecule has 0 aliphatic rings. The molecule has 0 spiro atoms. The number of carbonyl (C=O) groups excluding carboxylic acids is 1. The van der Waals surface area contributed by atoms with Crippen molar-refractivity contribution >= 4 is 22.2 Å². The van der Waals surface area contributed by atoms with Crippen LogP contribution in [0, 0.1) is 6.92 Å². The molecule has 0 radical (unpaired) electrons. The van der Waals surface area contributed by atoms with Crippen LogP contribution in [0.2, 0.25) is 0 Å². The van der Waals surface area contributed by atoms with Crippen LogP contribution < -0.4 is 0 Å². The summed E-state index contributed by atoms with van der Waals surface area (Å²) in [6.45, 7) is 5.60. The Morgan fingerprint density at radius 1 is 1.44 bits per heavy atom. The van der Waals surface area contributed by atoms with Crippen molar-refractivity contribution in [3.8, 4) is 0 Å². The van der Waals surface area contributed by atoms with Crippen molar-refractivity contribution in [3.05, 3.63) is 33.3 Å². The minimum Gasteiger partial charge on any atom is -0.382 e. The Balaban J connectivity index is 2.70. The molecular formula is C13H17BrO2. The van der Waals surface area contributed by atoms with E-state index in [1.807, 2.05) is 19.1 Å². The second-order valence-corrected chi connectivity index (χ2v) is 4.56. The highest BCUT2D eigenvalue weighted by Gasteiger charge is 2.05.